The predicted molar refractivity (Wildman–Crippen MR) is 147 cm³/mol. The number of thiophene rings is 2. The topological polar surface area (TPSA) is 0 Å². The summed E-state index contributed by atoms with van der Waals surface area (Å²) >= 11 is 4.20. The molecular weight excluding hydrogens is 441 g/mol. The number of aryl methyl sites for hydroxylation is 2. The van der Waals surface area contributed by atoms with Crippen LogP contribution >= 0.6 is 22.7 Å². The van der Waals surface area contributed by atoms with E-state index in [0.29, 0.717) is 5.54 Å². The second kappa shape index (κ2) is 7.95. The smallest absolute Gasteiger partial charge is 0.0699 e. The molecule has 5 unspecified atom stereocenters. The van der Waals surface area contributed by atoms with Crippen molar-refractivity contribution in [3.05, 3.63) is 43.3 Å². The highest BCUT2D eigenvalue weighted by Crippen LogP contribution is 2.64. The van der Waals surface area contributed by atoms with Gasteiger partial charge in [0.15, 0.2) is 0 Å². The largest absolute Gasteiger partial charge is 0.145 e. The van der Waals surface area contributed by atoms with Crippen molar-refractivity contribution in [2.45, 2.75) is 85.5 Å². The Balaban J connectivity index is 1.58. The molecule has 0 nitrogen and oxygen atoms in total. The number of rotatable bonds is 4. The van der Waals surface area contributed by atoms with Crippen LogP contribution in [0.15, 0.2) is 23.8 Å². The third-order valence-electron chi connectivity index (χ3n) is 9.44. The lowest BCUT2D eigenvalue weighted by atomic mass is 9.63. The van der Waals surface area contributed by atoms with E-state index in [4.69, 9.17) is 0 Å². The molecule has 0 amide bonds. The molecule has 0 aliphatic heterocycles. The van der Waals surface area contributed by atoms with Crippen LogP contribution in [0.2, 0.25) is 18.6 Å². The zero-order valence-electron chi connectivity index (χ0n) is 21.6. The van der Waals surface area contributed by atoms with Crippen molar-refractivity contribution in [1.82, 2.24) is 0 Å². The van der Waals surface area contributed by atoms with Gasteiger partial charge in [-0.3, -0.25) is 0 Å². The highest BCUT2D eigenvalue weighted by molar-refractivity contribution is 7.16. The first-order valence-corrected chi connectivity index (χ1v) is 17.7. The molecule has 0 saturated heterocycles. The van der Waals surface area contributed by atoms with Crippen LogP contribution in [0.5, 0.6) is 0 Å². The monoisotopic (exact) mass is 482 g/mol. The van der Waals surface area contributed by atoms with Gasteiger partial charge in [0.2, 0.25) is 0 Å². The van der Waals surface area contributed by atoms with E-state index in [1.54, 1.807) is 26.5 Å². The Morgan fingerprint density at radius 1 is 0.844 bits per heavy atom. The summed E-state index contributed by atoms with van der Waals surface area (Å²) in [6, 6.07) is 4.97. The molecule has 1 fully saturated rings. The number of hydrogen-bond acceptors (Lipinski definition) is 2. The number of fused-ring (bicyclic) bond motifs is 4. The summed E-state index contributed by atoms with van der Waals surface area (Å²) in [6.07, 6.45) is 5.68. The Morgan fingerprint density at radius 2 is 1.41 bits per heavy atom. The second-order valence-electron chi connectivity index (χ2n) is 12.5. The molecule has 32 heavy (non-hydrogen) atoms. The molecule has 0 radical (unpaired) electrons. The molecule has 5 atom stereocenters. The maximum absolute atomic E-state index is 2.78. The van der Waals surface area contributed by atoms with E-state index in [9.17, 15) is 0 Å². The van der Waals surface area contributed by atoms with Crippen molar-refractivity contribution in [3.63, 3.8) is 0 Å². The van der Waals surface area contributed by atoms with Gasteiger partial charge in [-0.2, -0.15) is 0 Å². The molecule has 2 aromatic rings. The van der Waals surface area contributed by atoms with E-state index < -0.39 is 8.07 Å². The molecule has 5 rings (SSSR count). The first-order valence-electron chi connectivity index (χ1n) is 12.9. The van der Waals surface area contributed by atoms with E-state index in [2.05, 4.69) is 102 Å². The van der Waals surface area contributed by atoms with Crippen LogP contribution in [0.3, 0.4) is 0 Å². The van der Waals surface area contributed by atoms with Gasteiger partial charge in [0, 0.05) is 25.0 Å². The predicted octanol–water partition coefficient (Wildman–Crippen LogP) is 9.69. The summed E-state index contributed by atoms with van der Waals surface area (Å²) in [5, 5.41) is 0. The van der Waals surface area contributed by atoms with Crippen molar-refractivity contribution >= 4 is 30.7 Å². The van der Waals surface area contributed by atoms with E-state index in [0.717, 1.165) is 41.0 Å². The lowest BCUT2D eigenvalue weighted by Crippen LogP contribution is -2.46. The van der Waals surface area contributed by atoms with Crippen molar-refractivity contribution < 1.29 is 0 Å². The SMILES string of the molecule is CC1=CC2C(C(C)C)CC(C(C)C)CC2C1[Si](C)(C)C1c2sc(C)cc2-c2cc(C)sc21. The van der Waals surface area contributed by atoms with Gasteiger partial charge in [0.1, 0.15) is 0 Å². The third-order valence-corrected chi connectivity index (χ3v) is 16.6. The Kier molecular flexibility index (Phi) is 5.74. The fraction of sp³-hybridized carbons (Fsp3) is 0.655. The van der Waals surface area contributed by atoms with E-state index in [1.807, 2.05) is 0 Å². The summed E-state index contributed by atoms with van der Waals surface area (Å²) in [7, 11) is -1.66. The van der Waals surface area contributed by atoms with Gasteiger partial charge in [-0.25, -0.2) is 0 Å². The molecule has 3 aliphatic rings. The van der Waals surface area contributed by atoms with Crippen LogP contribution in [0.1, 0.15) is 72.5 Å². The molecule has 0 N–H and O–H groups in total. The van der Waals surface area contributed by atoms with E-state index >= 15 is 0 Å². The molecule has 2 aromatic heterocycles. The molecule has 2 heterocycles. The summed E-state index contributed by atoms with van der Waals surface area (Å²) in [4.78, 5) is 6.42. The number of allylic oxidation sites excluding steroid dienone is 2. The maximum atomic E-state index is 2.78. The van der Waals surface area contributed by atoms with Crippen LogP contribution in [-0.4, -0.2) is 8.07 Å². The minimum absolute atomic E-state index is 0.689. The Bertz CT molecular complexity index is 1000. The molecule has 3 heteroatoms. The van der Waals surface area contributed by atoms with E-state index in [-0.39, 0.29) is 0 Å². The minimum atomic E-state index is -1.66. The van der Waals surface area contributed by atoms with Gasteiger partial charge < -0.3 is 0 Å². The van der Waals surface area contributed by atoms with Gasteiger partial charge in [0.05, 0.1) is 8.07 Å². The van der Waals surface area contributed by atoms with Crippen LogP contribution in [-0.2, 0) is 0 Å². The van der Waals surface area contributed by atoms with Crippen LogP contribution in [0, 0.1) is 49.4 Å². The first kappa shape index (κ1) is 23.1. The zero-order valence-corrected chi connectivity index (χ0v) is 24.2. The van der Waals surface area contributed by atoms with Gasteiger partial charge >= 0.3 is 0 Å². The van der Waals surface area contributed by atoms with Crippen molar-refractivity contribution in [3.8, 4) is 11.1 Å². The summed E-state index contributed by atoms with van der Waals surface area (Å²) < 4.78 is 0. The normalized spacial score (nSPS) is 30.1. The fourth-order valence-electron chi connectivity index (χ4n) is 8.07. The van der Waals surface area contributed by atoms with Crippen molar-refractivity contribution in [2.75, 3.05) is 0 Å². The van der Waals surface area contributed by atoms with Crippen molar-refractivity contribution in [2.24, 2.45) is 35.5 Å². The quantitative estimate of drug-likeness (QED) is 0.300. The Labute approximate surface area is 205 Å². The summed E-state index contributed by atoms with van der Waals surface area (Å²) in [5.41, 5.74) is 6.43. The van der Waals surface area contributed by atoms with Crippen LogP contribution < -0.4 is 0 Å². The molecule has 174 valence electrons. The molecule has 0 aromatic carbocycles. The van der Waals surface area contributed by atoms with E-state index in [1.165, 1.54) is 22.6 Å². The standard InChI is InChI=1S/C29H42S2Si/c1-15(2)20-13-21(16(3)4)22-10-17(5)28(25(22)14-20)32(8,9)29-26-23(11-18(6)30-26)24-12-19(7)31-27(24)29/h10-12,15-16,20-22,25,28-29H,13-14H2,1-9H3. The highest BCUT2D eigenvalue weighted by Gasteiger charge is 2.55. The second-order valence-corrected chi connectivity index (χ2v) is 20.0. The molecule has 3 aliphatic carbocycles. The minimum Gasteiger partial charge on any atom is -0.145 e. The van der Waals surface area contributed by atoms with Gasteiger partial charge in [-0.1, -0.05) is 52.4 Å². The third kappa shape index (κ3) is 3.40. The summed E-state index contributed by atoms with van der Waals surface area (Å²) in [6.45, 7) is 22.6. The molecular formula is C29H42S2Si. The maximum Gasteiger partial charge on any atom is 0.0699 e. The molecule has 0 spiro atoms. The number of hydrogen-bond donors (Lipinski definition) is 0. The molecule has 1 saturated carbocycles. The average Bonchev–Trinajstić information content (AvgIpc) is 3.39. The van der Waals surface area contributed by atoms with Crippen LogP contribution in [0.4, 0.5) is 0 Å². The van der Waals surface area contributed by atoms with Gasteiger partial charge in [0.25, 0.3) is 0 Å². The Hall–Kier alpha value is -0.643. The van der Waals surface area contributed by atoms with Gasteiger partial charge in [-0.15, -0.1) is 22.7 Å². The zero-order chi connectivity index (χ0) is 23.1. The fourth-order valence-corrected chi connectivity index (χ4v) is 17.1. The van der Waals surface area contributed by atoms with Crippen LogP contribution in [0.25, 0.3) is 11.1 Å². The van der Waals surface area contributed by atoms with Crippen molar-refractivity contribution in [1.29, 1.82) is 0 Å². The summed E-state index contributed by atoms with van der Waals surface area (Å²) in [5.74, 6) is 5.07. The molecule has 0 bridgehead atoms. The lowest BCUT2D eigenvalue weighted by Gasteiger charge is -2.48. The highest BCUT2D eigenvalue weighted by atomic mass is 32.1. The van der Waals surface area contributed by atoms with Gasteiger partial charge in [-0.05, 0) is 97.9 Å². The first-order chi connectivity index (χ1) is 15.0. The Morgan fingerprint density at radius 3 is 1.91 bits per heavy atom. The average molecular weight is 483 g/mol. The lowest BCUT2D eigenvalue weighted by molar-refractivity contribution is 0.0892.